The number of likely N-dealkylation sites (tertiary alicyclic amines) is 1. The Balaban J connectivity index is 1.64. The molecule has 0 spiro atoms. The van der Waals surface area contributed by atoms with E-state index in [0.717, 1.165) is 37.9 Å². The summed E-state index contributed by atoms with van der Waals surface area (Å²) in [5.74, 6) is 0.0343. The molecule has 4 rings (SSSR count). The first kappa shape index (κ1) is 21.7. The molecule has 2 amide bonds. The highest BCUT2D eigenvalue weighted by molar-refractivity contribution is 6.42. The van der Waals surface area contributed by atoms with Crippen molar-refractivity contribution in [3.8, 4) is 0 Å². The van der Waals surface area contributed by atoms with Crippen molar-refractivity contribution in [1.82, 2.24) is 14.7 Å². The second-order valence-corrected chi connectivity index (χ2v) is 9.62. The number of hydrogen-bond acceptors (Lipinski definition) is 3. The summed E-state index contributed by atoms with van der Waals surface area (Å²) in [4.78, 5) is 31.6. The highest BCUT2D eigenvalue weighted by atomic mass is 35.5. The second-order valence-electron chi connectivity index (χ2n) is 8.81. The number of hydrogen-bond donors (Lipinski definition) is 1. The molecule has 1 saturated carbocycles. The molecule has 1 N–H and O–H groups in total. The van der Waals surface area contributed by atoms with Crippen molar-refractivity contribution in [2.75, 3.05) is 19.6 Å². The van der Waals surface area contributed by atoms with Gasteiger partial charge in [-0.05, 0) is 69.8 Å². The summed E-state index contributed by atoms with van der Waals surface area (Å²) in [5, 5.41) is 10.8. The van der Waals surface area contributed by atoms with Crippen LogP contribution in [0.15, 0.2) is 18.2 Å². The lowest BCUT2D eigenvalue weighted by Crippen LogP contribution is -2.72. The van der Waals surface area contributed by atoms with Gasteiger partial charge in [-0.25, -0.2) is 4.79 Å². The van der Waals surface area contributed by atoms with Gasteiger partial charge in [-0.3, -0.25) is 9.69 Å². The van der Waals surface area contributed by atoms with Crippen LogP contribution in [0.3, 0.4) is 0 Å². The Kier molecular flexibility index (Phi) is 6.47. The highest BCUT2D eigenvalue weighted by Crippen LogP contribution is 2.37. The van der Waals surface area contributed by atoms with E-state index < -0.39 is 6.09 Å². The van der Waals surface area contributed by atoms with Crippen molar-refractivity contribution in [2.45, 2.75) is 69.6 Å². The molecule has 0 radical (unpaired) electrons. The van der Waals surface area contributed by atoms with Gasteiger partial charge in [0, 0.05) is 18.6 Å². The summed E-state index contributed by atoms with van der Waals surface area (Å²) in [6.07, 6.45) is 4.52. The molecule has 164 valence electrons. The molecule has 1 aromatic carbocycles. The summed E-state index contributed by atoms with van der Waals surface area (Å²) in [6.45, 7) is 4.39. The van der Waals surface area contributed by atoms with Crippen molar-refractivity contribution in [3.05, 3.63) is 33.8 Å². The maximum atomic E-state index is 13.5. The first-order chi connectivity index (χ1) is 14.4. The molecule has 6 nitrogen and oxygen atoms in total. The molecule has 4 atom stereocenters. The Hall–Kier alpha value is -1.50. The van der Waals surface area contributed by atoms with E-state index in [0.29, 0.717) is 16.6 Å². The van der Waals surface area contributed by atoms with Crippen molar-refractivity contribution >= 4 is 35.2 Å². The first-order valence-corrected chi connectivity index (χ1v) is 11.6. The van der Waals surface area contributed by atoms with Gasteiger partial charge < -0.3 is 14.9 Å². The number of fused-ring (bicyclic) bond motifs is 1. The number of nitrogens with zero attached hydrogens (tertiary/aromatic N) is 3. The number of rotatable bonds is 3. The number of benzene rings is 1. The third-order valence-electron chi connectivity index (χ3n) is 6.93. The Bertz CT molecular complexity index is 815. The number of piperazine rings is 1. The lowest BCUT2D eigenvalue weighted by atomic mass is 9.80. The normalized spacial score (nSPS) is 29.7. The van der Waals surface area contributed by atoms with Crippen LogP contribution in [0.1, 0.15) is 44.6 Å². The van der Waals surface area contributed by atoms with Crippen LogP contribution in [0.25, 0.3) is 0 Å². The van der Waals surface area contributed by atoms with Crippen molar-refractivity contribution < 1.29 is 14.7 Å². The van der Waals surface area contributed by atoms with E-state index in [1.807, 2.05) is 17.9 Å². The molecule has 1 aromatic rings. The number of carbonyl (C=O) groups is 2. The molecule has 0 aromatic heterocycles. The van der Waals surface area contributed by atoms with Crippen LogP contribution in [0.2, 0.25) is 10.0 Å². The number of carboxylic acid groups (broad SMARTS) is 1. The Morgan fingerprint density at radius 3 is 2.43 bits per heavy atom. The molecule has 0 bridgehead atoms. The van der Waals surface area contributed by atoms with Crippen LogP contribution in [0.4, 0.5) is 4.79 Å². The van der Waals surface area contributed by atoms with E-state index in [9.17, 15) is 14.7 Å². The topological polar surface area (TPSA) is 64.1 Å². The molecule has 30 heavy (non-hydrogen) atoms. The minimum absolute atomic E-state index is 0.0343. The van der Waals surface area contributed by atoms with E-state index in [2.05, 4.69) is 4.90 Å². The molecule has 1 aliphatic carbocycles. The number of amides is 2. The average molecular weight is 454 g/mol. The largest absolute Gasteiger partial charge is 0.465 e. The second kappa shape index (κ2) is 8.93. The lowest BCUT2D eigenvalue weighted by molar-refractivity contribution is -0.146. The zero-order valence-corrected chi connectivity index (χ0v) is 18.8. The minimum atomic E-state index is -0.879. The average Bonchev–Trinajstić information content (AvgIpc) is 3.24. The standard InChI is InChI=1S/C22H29Cl2N3O3/c1-14-13-26(22(29)30)19-6-4-5-18(25-9-2-3-10-25)21(19)27(14)20(28)12-15-7-8-16(23)17(24)11-15/h7-8,11,14,18-19,21H,2-6,9-10,12-13H2,1H3,(H,29,30). The van der Waals surface area contributed by atoms with Gasteiger partial charge in [0.05, 0.1) is 28.5 Å². The smallest absolute Gasteiger partial charge is 0.407 e. The van der Waals surface area contributed by atoms with Gasteiger partial charge in [0.25, 0.3) is 0 Å². The van der Waals surface area contributed by atoms with Gasteiger partial charge >= 0.3 is 6.09 Å². The van der Waals surface area contributed by atoms with Gasteiger partial charge in [-0.15, -0.1) is 0 Å². The molecule has 2 heterocycles. The van der Waals surface area contributed by atoms with Crippen LogP contribution in [-0.2, 0) is 11.2 Å². The molecule has 8 heteroatoms. The third kappa shape index (κ3) is 4.14. The van der Waals surface area contributed by atoms with Crippen molar-refractivity contribution in [1.29, 1.82) is 0 Å². The SMILES string of the molecule is CC1CN(C(=O)O)C2CCCC(N3CCCC3)C2N1C(=O)Cc1ccc(Cl)c(Cl)c1. The quantitative estimate of drug-likeness (QED) is 0.746. The van der Waals surface area contributed by atoms with Gasteiger partial charge in [0.15, 0.2) is 0 Å². The summed E-state index contributed by atoms with van der Waals surface area (Å²) in [7, 11) is 0. The maximum absolute atomic E-state index is 13.5. The zero-order chi connectivity index (χ0) is 21.4. The van der Waals surface area contributed by atoms with E-state index in [-0.39, 0.29) is 36.5 Å². The molecule has 3 fully saturated rings. The molecule has 2 saturated heterocycles. The van der Waals surface area contributed by atoms with E-state index >= 15 is 0 Å². The van der Waals surface area contributed by atoms with Gasteiger partial charge in [-0.1, -0.05) is 29.3 Å². The molecule has 3 aliphatic rings. The lowest BCUT2D eigenvalue weighted by Gasteiger charge is -2.56. The fourth-order valence-electron chi connectivity index (χ4n) is 5.67. The molecule has 4 unspecified atom stereocenters. The molecular formula is C22H29Cl2N3O3. The van der Waals surface area contributed by atoms with Gasteiger partial charge in [0.2, 0.25) is 5.91 Å². The van der Waals surface area contributed by atoms with Gasteiger partial charge in [0.1, 0.15) is 0 Å². The van der Waals surface area contributed by atoms with E-state index in [1.54, 1.807) is 17.0 Å². The summed E-state index contributed by atoms with van der Waals surface area (Å²) in [6, 6.07) is 5.10. The van der Waals surface area contributed by atoms with Crippen LogP contribution >= 0.6 is 23.2 Å². The minimum Gasteiger partial charge on any atom is -0.465 e. The Morgan fingerprint density at radius 2 is 1.77 bits per heavy atom. The maximum Gasteiger partial charge on any atom is 0.407 e. The van der Waals surface area contributed by atoms with Crippen LogP contribution in [-0.4, -0.2) is 75.6 Å². The fraction of sp³-hybridized carbons (Fsp3) is 0.636. The molecular weight excluding hydrogens is 425 g/mol. The van der Waals surface area contributed by atoms with Crippen LogP contribution in [0, 0.1) is 0 Å². The Labute approximate surface area is 187 Å². The van der Waals surface area contributed by atoms with Gasteiger partial charge in [-0.2, -0.15) is 0 Å². The van der Waals surface area contributed by atoms with Crippen molar-refractivity contribution in [2.24, 2.45) is 0 Å². The van der Waals surface area contributed by atoms with Crippen LogP contribution in [0.5, 0.6) is 0 Å². The van der Waals surface area contributed by atoms with Crippen molar-refractivity contribution in [3.63, 3.8) is 0 Å². The van der Waals surface area contributed by atoms with E-state index in [4.69, 9.17) is 23.2 Å². The summed E-state index contributed by atoms with van der Waals surface area (Å²) >= 11 is 12.2. The fourth-order valence-corrected chi connectivity index (χ4v) is 5.99. The zero-order valence-electron chi connectivity index (χ0n) is 17.3. The van der Waals surface area contributed by atoms with Crippen LogP contribution < -0.4 is 0 Å². The predicted molar refractivity (Wildman–Crippen MR) is 117 cm³/mol. The monoisotopic (exact) mass is 453 g/mol. The van der Waals surface area contributed by atoms with E-state index in [1.165, 1.54) is 12.8 Å². The Morgan fingerprint density at radius 1 is 1.07 bits per heavy atom. The summed E-state index contributed by atoms with van der Waals surface area (Å²) in [5.41, 5.74) is 0.826. The number of halogens is 2. The molecule has 2 aliphatic heterocycles. The third-order valence-corrected chi connectivity index (χ3v) is 7.67. The first-order valence-electron chi connectivity index (χ1n) is 10.9. The predicted octanol–water partition coefficient (Wildman–Crippen LogP) is 4.13. The summed E-state index contributed by atoms with van der Waals surface area (Å²) < 4.78 is 0. The number of carbonyl (C=O) groups excluding carboxylic acids is 1. The highest BCUT2D eigenvalue weighted by Gasteiger charge is 2.50.